The number of benzene rings is 2. The number of methoxy groups -OCH3 is 1. The smallest absolute Gasteiger partial charge is 0.230 e. The Morgan fingerprint density at radius 2 is 1.76 bits per heavy atom. The first kappa shape index (κ1) is 19.4. The van der Waals surface area contributed by atoms with E-state index >= 15 is 0 Å². The Kier molecular flexibility index (Phi) is 7.86. The van der Waals surface area contributed by atoms with Gasteiger partial charge in [-0.05, 0) is 35.6 Å². The van der Waals surface area contributed by atoms with E-state index in [-0.39, 0.29) is 11.9 Å². The van der Waals surface area contributed by atoms with Crippen LogP contribution in [-0.4, -0.2) is 18.8 Å². The Balaban J connectivity index is 1.83. The molecule has 1 unspecified atom stereocenters. The maximum absolute atomic E-state index is 12.3. The molecule has 0 saturated carbocycles. The summed E-state index contributed by atoms with van der Waals surface area (Å²) < 4.78 is 5.16. The average Bonchev–Trinajstić information content (AvgIpc) is 2.62. The second kappa shape index (κ2) is 10.1. The minimum Gasteiger partial charge on any atom is -0.497 e. The molecule has 0 spiro atoms. The number of carbonyl (C=O) groups is 1. The minimum absolute atomic E-state index is 0.0790. The molecule has 4 heteroatoms. The van der Waals surface area contributed by atoms with Crippen LogP contribution in [0.25, 0.3) is 0 Å². The van der Waals surface area contributed by atoms with Crippen LogP contribution in [0.4, 0.5) is 0 Å². The summed E-state index contributed by atoms with van der Waals surface area (Å²) in [6.45, 7) is 4.36. The molecule has 0 heterocycles. The van der Waals surface area contributed by atoms with Crippen LogP contribution in [0.3, 0.4) is 0 Å². The molecule has 134 valence electrons. The van der Waals surface area contributed by atoms with Gasteiger partial charge >= 0.3 is 0 Å². The van der Waals surface area contributed by atoms with Crippen LogP contribution < -0.4 is 10.1 Å². The van der Waals surface area contributed by atoms with Crippen molar-refractivity contribution < 1.29 is 9.53 Å². The fraction of sp³-hybridized carbons (Fsp3) is 0.381. The van der Waals surface area contributed by atoms with E-state index in [2.05, 4.69) is 31.3 Å². The third-order valence-electron chi connectivity index (χ3n) is 3.91. The van der Waals surface area contributed by atoms with Crippen LogP contribution >= 0.6 is 11.8 Å². The second-order valence-corrected chi connectivity index (χ2v) is 7.49. The van der Waals surface area contributed by atoms with Crippen molar-refractivity contribution in [3.8, 4) is 5.75 Å². The summed E-state index contributed by atoms with van der Waals surface area (Å²) in [5, 5.41) is 3.19. The van der Waals surface area contributed by atoms with Gasteiger partial charge in [0.15, 0.2) is 0 Å². The molecule has 0 aromatic heterocycles. The first-order valence-electron chi connectivity index (χ1n) is 8.63. The Labute approximate surface area is 155 Å². The molecule has 2 rings (SSSR count). The Morgan fingerprint density at radius 3 is 2.36 bits per heavy atom. The topological polar surface area (TPSA) is 38.3 Å². The van der Waals surface area contributed by atoms with Crippen LogP contribution in [-0.2, 0) is 10.5 Å². The van der Waals surface area contributed by atoms with Gasteiger partial charge in [-0.1, -0.05) is 56.3 Å². The molecule has 2 aromatic rings. The van der Waals surface area contributed by atoms with E-state index < -0.39 is 0 Å². The molecule has 0 bridgehead atoms. The van der Waals surface area contributed by atoms with E-state index in [1.165, 1.54) is 11.1 Å². The van der Waals surface area contributed by atoms with Crippen LogP contribution in [0, 0.1) is 5.92 Å². The third-order valence-corrected chi connectivity index (χ3v) is 4.91. The highest BCUT2D eigenvalue weighted by molar-refractivity contribution is 7.99. The maximum atomic E-state index is 12.3. The van der Waals surface area contributed by atoms with Gasteiger partial charge in [-0.25, -0.2) is 0 Å². The predicted octanol–water partition coefficient (Wildman–Crippen LogP) is 4.83. The molecule has 0 aliphatic carbocycles. The monoisotopic (exact) mass is 357 g/mol. The lowest BCUT2D eigenvalue weighted by molar-refractivity contribution is -0.119. The number of ether oxygens (including phenoxy) is 1. The lowest BCUT2D eigenvalue weighted by Gasteiger charge is -2.21. The first-order chi connectivity index (χ1) is 12.1. The van der Waals surface area contributed by atoms with Gasteiger partial charge in [-0.2, -0.15) is 0 Å². The third kappa shape index (κ3) is 6.83. The van der Waals surface area contributed by atoms with Gasteiger partial charge in [0.2, 0.25) is 5.91 Å². The molecule has 0 saturated heterocycles. The maximum Gasteiger partial charge on any atom is 0.230 e. The van der Waals surface area contributed by atoms with E-state index in [0.717, 1.165) is 17.9 Å². The van der Waals surface area contributed by atoms with Crippen molar-refractivity contribution in [2.24, 2.45) is 5.92 Å². The summed E-state index contributed by atoms with van der Waals surface area (Å²) in [5.74, 6) is 2.75. The number of thioether (sulfide) groups is 1. The fourth-order valence-electron chi connectivity index (χ4n) is 2.65. The Bertz CT molecular complexity index is 641. The highest BCUT2D eigenvalue weighted by Crippen LogP contribution is 2.22. The van der Waals surface area contributed by atoms with E-state index in [4.69, 9.17) is 4.74 Å². The highest BCUT2D eigenvalue weighted by atomic mass is 32.2. The van der Waals surface area contributed by atoms with Gasteiger partial charge in [-0.15, -0.1) is 11.8 Å². The predicted molar refractivity (Wildman–Crippen MR) is 106 cm³/mol. The molecule has 2 aromatic carbocycles. The van der Waals surface area contributed by atoms with Crippen LogP contribution in [0.5, 0.6) is 5.75 Å². The molecule has 0 aliphatic rings. The van der Waals surface area contributed by atoms with Crippen molar-refractivity contribution >= 4 is 17.7 Å². The lowest BCUT2D eigenvalue weighted by Crippen LogP contribution is -2.30. The highest BCUT2D eigenvalue weighted by Gasteiger charge is 2.15. The van der Waals surface area contributed by atoms with Crippen molar-refractivity contribution in [2.45, 2.75) is 32.1 Å². The zero-order chi connectivity index (χ0) is 18.1. The van der Waals surface area contributed by atoms with Gasteiger partial charge in [0.1, 0.15) is 5.75 Å². The number of nitrogens with one attached hydrogen (secondary N) is 1. The number of hydrogen-bond donors (Lipinski definition) is 1. The summed E-state index contributed by atoms with van der Waals surface area (Å²) in [6, 6.07) is 18.3. The second-order valence-electron chi connectivity index (χ2n) is 6.50. The van der Waals surface area contributed by atoms with E-state index in [1.54, 1.807) is 18.9 Å². The minimum atomic E-state index is 0.0790. The van der Waals surface area contributed by atoms with Crippen LogP contribution in [0.15, 0.2) is 54.6 Å². The summed E-state index contributed by atoms with van der Waals surface area (Å²) in [6.07, 6.45) is 0.943. The van der Waals surface area contributed by atoms with E-state index in [1.807, 2.05) is 42.5 Å². The Morgan fingerprint density at radius 1 is 1.08 bits per heavy atom. The zero-order valence-corrected chi connectivity index (χ0v) is 16.0. The lowest BCUT2D eigenvalue weighted by atomic mass is 9.97. The van der Waals surface area contributed by atoms with E-state index in [9.17, 15) is 4.79 Å². The number of hydrogen-bond acceptors (Lipinski definition) is 3. The van der Waals surface area contributed by atoms with Crippen LogP contribution in [0.2, 0.25) is 0 Å². The van der Waals surface area contributed by atoms with Gasteiger partial charge in [0.05, 0.1) is 18.9 Å². The number of amides is 1. The van der Waals surface area contributed by atoms with Crippen LogP contribution in [0.1, 0.15) is 37.4 Å². The van der Waals surface area contributed by atoms with Gasteiger partial charge < -0.3 is 10.1 Å². The SMILES string of the molecule is COc1ccc(CSCC(=O)NC(CC(C)C)c2ccccc2)cc1. The quantitative estimate of drug-likeness (QED) is 0.698. The molecule has 0 radical (unpaired) electrons. The molecule has 3 nitrogen and oxygen atoms in total. The molecular weight excluding hydrogens is 330 g/mol. The van der Waals surface area contributed by atoms with Crippen molar-refractivity contribution in [2.75, 3.05) is 12.9 Å². The van der Waals surface area contributed by atoms with Gasteiger partial charge in [0, 0.05) is 5.75 Å². The summed E-state index contributed by atoms with van der Waals surface area (Å²) in [4.78, 5) is 12.3. The molecular formula is C21H27NO2S. The summed E-state index contributed by atoms with van der Waals surface area (Å²) in [7, 11) is 1.66. The van der Waals surface area contributed by atoms with Crippen molar-refractivity contribution in [1.82, 2.24) is 5.32 Å². The Hall–Kier alpha value is -1.94. The molecule has 25 heavy (non-hydrogen) atoms. The molecule has 0 fully saturated rings. The first-order valence-corrected chi connectivity index (χ1v) is 9.79. The number of rotatable bonds is 9. The normalized spacial score (nSPS) is 12.0. The van der Waals surface area contributed by atoms with Crippen molar-refractivity contribution in [3.05, 3.63) is 65.7 Å². The van der Waals surface area contributed by atoms with Crippen molar-refractivity contribution in [3.63, 3.8) is 0 Å². The molecule has 0 aliphatic heterocycles. The summed E-state index contributed by atoms with van der Waals surface area (Å²) >= 11 is 1.63. The standard InChI is InChI=1S/C21H27NO2S/c1-16(2)13-20(18-7-5-4-6-8-18)22-21(23)15-25-14-17-9-11-19(24-3)12-10-17/h4-12,16,20H,13-15H2,1-3H3,(H,22,23). The molecule has 1 amide bonds. The largest absolute Gasteiger partial charge is 0.497 e. The van der Waals surface area contributed by atoms with E-state index in [0.29, 0.717) is 11.7 Å². The van der Waals surface area contributed by atoms with Crippen molar-refractivity contribution in [1.29, 1.82) is 0 Å². The average molecular weight is 358 g/mol. The zero-order valence-electron chi connectivity index (χ0n) is 15.2. The molecule has 1 atom stereocenters. The fourth-order valence-corrected chi connectivity index (χ4v) is 3.45. The molecule has 1 N–H and O–H groups in total. The van der Waals surface area contributed by atoms with Gasteiger partial charge in [0.25, 0.3) is 0 Å². The van der Waals surface area contributed by atoms with Gasteiger partial charge in [-0.3, -0.25) is 4.79 Å². The number of carbonyl (C=O) groups excluding carboxylic acids is 1. The summed E-state index contributed by atoms with van der Waals surface area (Å²) in [5.41, 5.74) is 2.37.